The second-order valence-corrected chi connectivity index (χ2v) is 7.65. The van der Waals surface area contributed by atoms with Gasteiger partial charge in [0.1, 0.15) is 21.7 Å². The Morgan fingerprint density at radius 1 is 1.14 bits per heavy atom. The van der Waals surface area contributed by atoms with Crippen molar-refractivity contribution in [2.45, 2.75) is 13.5 Å². The van der Waals surface area contributed by atoms with E-state index in [1.165, 1.54) is 22.2 Å². The van der Waals surface area contributed by atoms with Crippen LogP contribution >= 0.6 is 23.1 Å². The Morgan fingerprint density at radius 3 is 2.93 bits per heavy atom. The van der Waals surface area contributed by atoms with Crippen LogP contribution in [0.3, 0.4) is 0 Å². The molecule has 0 saturated carbocycles. The van der Waals surface area contributed by atoms with Crippen LogP contribution in [-0.4, -0.2) is 24.2 Å². The van der Waals surface area contributed by atoms with Crippen molar-refractivity contribution in [3.8, 4) is 10.7 Å². The molecule has 0 bridgehead atoms. The van der Waals surface area contributed by atoms with Gasteiger partial charge in [0.2, 0.25) is 0 Å². The van der Waals surface area contributed by atoms with E-state index in [1.54, 1.807) is 5.38 Å². The highest BCUT2D eigenvalue weighted by Crippen LogP contribution is 2.31. The van der Waals surface area contributed by atoms with Gasteiger partial charge in [-0.05, 0) is 31.2 Å². The van der Waals surface area contributed by atoms with Gasteiger partial charge in [0.15, 0.2) is 0 Å². The minimum Gasteiger partial charge on any atom is -0.339 e. The van der Waals surface area contributed by atoms with Crippen LogP contribution in [0, 0.1) is 0 Å². The number of benzene rings is 2. The second kappa shape index (κ2) is 6.81. The summed E-state index contributed by atoms with van der Waals surface area (Å²) in [5.74, 6) is -0.248. The Hall–Kier alpha value is -3.10. The summed E-state index contributed by atoms with van der Waals surface area (Å²) in [7, 11) is 0. The average molecular weight is 406 g/mol. The van der Waals surface area contributed by atoms with Crippen LogP contribution in [0.15, 0.2) is 53.9 Å². The molecule has 2 aromatic carbocycles. The largest absolute Gasteiger partial charge is 0.339 e. The van der Waals surface area contributed by atoms with Crippen molar-refractivity contribution in [3.05, 3.63) is 59.6 Å². The van der Waals surface area contributed by atoms with Crippen molar-refractivity contribution in [3.63, 3.8) is 0 Å². The normalized spacial score (nSPS) is 11.3. The van der Waals surface area contributed by atoms with E-state index < -0.39 is 0 Å². The summed E-state index contributed by atoms with van der Waals surface area (Å²) in [6, 6.07) is 15.9. The van der Waals surface area contributed by atoms with Gasteiger partial charge in [0, 0.05) is 22.8 Å². The lowest BCUT2D eigenvalue weighted by Crippen LogP contribution is -2.12. The van der Waals surface area contributed by atoms with Crippen LogP contribution in [0.1, 0.15) is 17.4 Å². The van der Waals surface area contributed by atoms with E-state index in [0.717, 1.165) is 34.5 Å². The quantitative estimate of drug-likeness (QED) is 0.454. The number of amides is 1. The smallest absolute Gasteiger partial charge is 0.275 e. The molecule has 0 unspecified atom stereocenters. The number of para-hydroxylation sites is 1. The fraction of sp³-hybridized carbons (Fsp3) is 0.100. The van der Waals surface area contributed by atoms with E-state index in [9.17, 15) is 4.79 Å². The van der Waals surface area contributed by atoms with Gasteiger partial charge in [-0.15, -0.1) is 11.3 Å². The number of hydrogen-bond donors (Lipinski definition) is 1. The van der Waals surface area contributed by atoms with Gasteiger partial charge >= 0.3 is 0 Å². The first-order chi connectivity index (χ1) is 13.7. The summed E-state index contributed by atoms with van der Waals surface area (Å²) in [4.78, 5) is 17.3. The number of carbonyl (C=O) groups is 1. The van der Waals surface area contributed by atoms with Gasteiger partial charge in [0.25, 0.3) is 5.91 Å². The SMILES string of the molecule is CCn1c(-c2nc(C(=O)Nc3cccc4nsnc34)cs2)cc2ccccc21. The third-order valence-corrected chi connectivity index (χ3v) is 6.02. The number of fused-ring (bicyclic) bond motifs is 2. The zero-order valence-electron chi connectivity index (χ0n) is 14.9. The highest BCUT2D eigenvalue weighted by atomic mass is 32.1. The number of nitrogens with one attached hydrogen (secondary N) is 1. The molecule has 3 heterocycles. The molecule has 0 saturated heterocycles. The van der Waals surface area contributed by atoms with Gasteiger partial charge in [0.05, 0.1) is 23.1 Å². The van der Waals surface area contributed by atoms with Gasteiger partial charge in [-0.3, -0.25) is 4.79 Å². The Kier molecular flexibility index (Phi) is 4.14. The summed E-state index contributed by atoms with van der Waals surface area (Å²) in [6.45, 7) is 2.95. The van der Waals surface area contributed by atoms with Gasteiger partial charge < -0.3 is 9.88 Å². The maximum absolute atomic E-state index is 12.7. The number of aromatic nitrogens is 4. The first-order valence-electron chi connectivity index (χ1n) is 8.81. The number of nitrogens with zero attached hydrogens (tertiary/aromatic N) is 4. The first-order valence-corrected chi connectivity index (χ1v) is 10.4. The highest BCUT2D eigenvalue weighted by molar-refractivity contribution is 7.13. The Morgan fingerprint density at radius 2 is 2.04 bits per heavy atom. The molecule has 0 atom stereocenters. The number of carbonyl (C=O) groups excluding carboxylic acids is 1. The number of anilines is 1. The van der Waals surface area contributed by atoms with Crippen molar-refractivity contribution in [1.82, 2.24) is 18.3 Å². The molecule has 1 amide bonds. The second-order valence-electron chi connectivity index (χ2n) is 6.26. The summed E-state index contributed by atoms with van der Waals surface area (Å²) >= 11 is 2.60. The third kappa shape index (κ3) is 2.78. The lowest BCUT2D eigenvalue weighted by molar-refractivity contribution is 0.102. The molecule has 138 valence electrons. The molecule has 6 nitrogen and oxygen atoms in total. The number of hydrogen-bond acceptors (Lipinski definition) is 6. The standard InChI is InChI=1S/C20H15N5OS2/c1-2-25-16-9-4-3-6-12(16)10-17(25)20-22-15(11-27-20)19(26)21-13-7-5-8-14-18(13)24-28-23-14/h3-11H,2H2,1H3,(H,21,26). The minimum atomic E-state index is -0.248. The van der Waals surface area contributed by atoms with Crippen LogP contribution in [0.5, 0.6) is 0 Å². The molecule has 0 radical (unpaired) electrons. The van der Waals surface area contributed by atoms with Crippen molar-refractivity contribution in [2.75, 3.05) is 5.32 Å². The molecule has 0 aliphatic carbocycles. The Balaban J connectivity index is 1.48. The maximum Gasteiger partial charge on any atom is 0.275 e. The highest BCUT2D eigenvalue weighted by Gasteiger charge is 2.17. The van der Waals surface area contributed by atoms with Gasteiger partial charge in [-0.2, -0.15) is 8.75 Å². The predicted molar refractivity (Wildman–Crippen MR) is 114 cm³/mol. The van der Waals surface area contributed by atoms with E-state index >= 15 is 0 Å². The summed E-state index contributed by atoms with van der Waals surface area (Å²) < 4.78 is 10.7. The van der Waals surface area contributed by atoms with E-state index in [-0.39, 0.29) is 5.91 Å². The monoisotopic (exact) mass is 405 g/mol. The van der Waals surface area contributed by atoms with E-state index in [0.29, 0.717) is 16.9 Å². The minimum absolute atomic E-state index is 0.248. The summed E-state index contributed by atoms with van der Waals surface area (Å²) in [6.07, 6.45) is 0. The van der Waals surface area contributed by atoms with Crippen LogP contribution in [-0.2, 0) is 6.54 Å². The predicted octanol–water partition coefficient (Wildman–Crippen LogP) is 5.04. The fourth-order valence-corrected chi connectivity index (χ4v) is 4.69. The van der Waals surface area contributed by atoms with Crippen LogP contribution in [0.2, 0.25) is 0 Å². The molecular formula is C20H15N5OS2. The van der Waals surface area contributed by atoms with Crippen molar-refractivity contribution in [1.29, 1.82) is 0 Å². The van der Waals surface area contributed by atoms with E-state index in [1.807, 2.05) is 30.3 Å². The lowest BCUT2D eigenvalue weighted by Gasteiger charge is -2.05. The summed E-state index contributed by atoms with van der Waals surface area (Å²) in [5, 5.41) is 6.70. The number of thiazole rings is 1. The summed E-state index contributed by atoms with van der Waals surface area (Å²) in [5.41, 5.74) is 4.71. The van der Waals surface area contributed by atoms with Crippen molar-refractivity contribution >= 4 is 56.6 Å². The van der Waals surface area contributed by atoms with Crippen molar-refractivity contribution in [2.24, 2.45) is 0 Å². The zero-order chi connectivity index (χ0) is 19.1. The van der Waals surface area contributed by atoms with E-state index in [2.05, 4.69) is 48.7 Å². The third-order valence-electron chi connectivity index (χ3n) is 4.62. The van der Waals surface area contributed by atoms with Crippen molar-refractivity contribution < 1.29 is 4.79 Å². The molecule has 0 aliphatic rings. The lowest BCUT2D eigenvalue weighted by atomic mass is 10.2. The molecule has 1 N–H and O–H groups in total. The molecule has 0 fully saturated rings. The van der Waals surface area contributed by atoms with Gasteiger partial charge in [-0.25, -0.2) is 4.98 Å². The zero-order valence-corrected chi connectivity index (χ0v) is 16.5. The average Bonchev–Trinajstić information content (AvgIpc) is 3.45. The molecule has 0 aliphatic heterocycles. The Labute approximate surface area is 168 Å². The maximum atomic E-state index is 12.7. The van der Waals surface area contributed by atoms with Crippen LogP contribution in [0.25, 0.3) is 32.6 Å². The molecule has 3 aromatic heterocycles. The van der Waals surface area contributed by atoms with Gasteiger partial charge in [-0.1, -0.05) is 24.3 Å². The topological polar surface area (TPSA) is 72.7 Å². The number of rotatable bonds is 4. The molecule has 28 heavy (non-hydrogen) atoms. The van der Waals surface area contributed by atoms with Crippen LogP contribution < -0.4 is 5.32 Å². The molecule has 0 spiro atoms. The first kappa shape index (κ1) is 17.0. The number of aryl methyl sites for hydroxylation is 1. The molecule has 5 aromatic rings. The molecule has 8 heteroatoms. The molecular weight excluding hydrogens is 390 g/mol. The van der Waals surface area contributed by atoms with E-state index in [4.69, 9.17) is 0 Å². The fourth-order valence-electron chi connectivity index (χ4n) is 3.32. The Bertz CT molecular complexity index is 1320. The van der Waals surface area contributed by atoms with Crippen LogP contribution in [0.4, 0.5) is 5.69 Å². The molecule has 5 rings (SSSR count).